The van der Waals surface area contributed by atoms with Crippen molar-refractivity contribution in [2.45, 2.75) is 40.3 Å². The van der Waals surface area contributed by atoms with Gasteiger partial charge in [-0.3, -0.25) is 0 Å². The smallest absolute Gasteiger partial charge is 0.118 e. The van der Waals surface area contributed by atoms with Gasteiger partial charge in [0.15, 0.2) is 0 Å². The van der Waals surface area contributed by atoms with Crippen LogP contribution in [-0.2, 0) is 13.1 Å². The predicted molar refractivity (Wildman–Crippen MR) is 67.5 cm³/mol. The van der Waals surface area contributed by atoms with Crippen LogP contribution in [0.1, 0.15) is 37.4 Å². The molecule has 1 rings (SSSR count). The molecule has 0 atom stereocenters. The van der Waals surface area contributed by atoms with Crippen LogP contribution in [-0.4, -0.2) is 25.0 Å². The lowest BCUT2D eigenvalue weighted by atomic mass is 10.2. The molecular weight excluding hydrogens is 200 g/mol. The molecule has 1 heterocycles. The first kappa shape index (κ1) is 13.3. The van der Waals surface area contributed by atoms with E-state index in [0.29, 0.717) is 0 Å². The Bertz CT molecular complexity index is 307. The van der Waals surface area contributed by atoms with E-state index < -0.39 is 0 Å². The molecular formula is C13H24N2O. The fourth-order valence-corrected chi connectivity index (χ4v) is 1.62. The van der Waals surface area contributed by atoms with E-state index in [4.69, 9.17) is 4.42 Å². The predicted octanol–water partition coefficient (Wildman–Crippen LogP) is 2.54. The second kappa shape index (κ2) is 6.71. The normalized spacial score (nSPS) is 11.3. The lowest BCUT2D eigenvalue weighted by Gasteiger charge is -2.12. The molecule has 0 unspecified atom stereocenters. The van der Waals surface area contributed by atoms with Crippen LogP contribution in [0.15, 0.2) is 10.5 Å². The Labute approximate surface area is 98.8 Å². The Hall–Kier alpha value is -0.800. The molecule has 0 spiro atoms. The van der Waals surface area contributed by atoms with E-state index in [1.165, 1.54) is 5.56 Å². The summed E-state index contributed by atoms with van der Waals surface area (Å²) in [6.07, 6.45) is 1.16. The van der Waals surface area contributed by atoms with Crippen LogP contribution in [0.5, 0.6) is 0 Å². The summed E-state index contributed by atoms with van der Waals surface area (Å²) in [5, 5.41) is 3.35. The van der Waals surface area contributed by atoms with Gasteiger partial charge >= 0.3 is 0 Å². The van der Waals surface area contributed by atoms with Crippen LogP contribution in [0.25, 0.3) is 0 Å². The van der Waals surface area contributed by atoms with Crippen molar-refractivity contribution in [3.05, 3.63) is 23.2 Å². The molecule has 16 heavy (non-hydrogen) atoms. The van der Waals surface area contributed by atoms with Crippen LogP contribution < -0.4 is 5.32 Å². The average molecular weight is 224 g/mol. The minimum absolute atomic E-state index is 0.838. The van der Waals surface area contributed by atoms with Gasteiger partial charge < -0.3 is 14.6 Å². The average Bonchev–Trinajstić information content (AvgIpc) is 2.60. The molecule has 92 valence electrons. The van der Waals surface area contributed by atoms with Crippen molar-refractivity contribution in [1.82, 2.24) is 10.2 Å². The Morgan fingerprint density at radius 2 is 2.12 bits per heavy atom. The van der Waals surface area contributed by atoms with Crippen molar-refractivity contribution in [3.63, 3.8) is 0 Å². The highest BCUT2D eigenvalue weighted by molar-refractivity contribution is 5.20. The zero-order valence-electron chi connectivity index (χ0n) is 11.0. The van der Waals surface area contributed by atoms with Gasteiger partial charge in [-0.15, -0.1) is 0 Å². The van der Waals surface area contributed by atoms with Crippen molar-refractivity contribution >= 4 is 0 Å². The molecule has 0 saturated carbocycles. The van der Waals surface area contributed by atoms with Crippen LogP contribution in [0, 0.1) is 6.92 Å². The van der Waals surface area contributed by atoms with Crippen LogP contribution >= 0.6 is 0 Å². The summed E-state index contributed by atoms with van der Waals surface area (Å²) in [7, 11) is 2.13. The zero-order chi connectivity index (χ0) is 12.0. The summed E-state index contributed by atoms with van der Waals surface area (Å²) in [6, 6.07) is 2.17. The molecule has 3 nitrogen and oxygen atoms in total. The summed E-state index contributed by atoms with van der Waals surface area (Å²) < 4.78 is 5.72. The summed E-state index contributed by atoms with van der Waals surface area (Å²) in [5.74, 6) is 2.10. The van der Waals surface area contributed by atoms with Crippen molar-refractivity contribution < 1.29 is 4.42 Å². The van der Waals surface area contributed by atoms with E-state index in [1.54, 1.807) is 0 Å². The van der Waals surface area contributed by atoms with E-state index in [0.717, 1.165) is 44.1 Å². The maximum atomic E-state index is 5.72. The van der Waals surface area contributed by atoms with Crippen molar-refractivity contribution in [1.29, 1.82) is 0 Å². The van der Waals surface area contributed by atoms with Crippen LogP contribution in [0.3, 0.4) is 0 Å². The standard InChI is InChI=1S/C13H24N2O/c1-5-7-14-9-13-8-12(11(3)16-13)10-15(4)6-2/h8,14H,5-7,9-10H2,1-4H3. The SMILES string of the molecule is CCCNCc1cc(CN(C)CC)c(C)o1. The van der Waals surface area contributed by atoms with Gasteiger partial charge in [0, 0.05) is 12.1 Å². The van der Waals surface area contributed by atoms with E-state index in [9.17, 15) is 0 Å². The summed E-state index contributed by atoms with van der Waals surface area (Å²) in [6.45, 7) is 10.3. The maximum Gasteiger partial charge on any atom is 0.118 e. The number of aryl methyl sites for hydroxylation is 1. The maximum absolute atomic E-state index is 5.72. The summed E-state index contributed by atoms with van der Waals surface area (Å²) in [4.78, 5) is 2.28. The highest BCUT2D eigenvalue weighted by atomic mass is 16.3. The van der Waals surface area contributed by atoms with Crippen molar-refractivity contribution in [2.24, 2.45) is 0 Å². The van der Waals surface area contributed by atoms with Crippen LogP contribution in [0.2, 0.25) is 0 Å². The molecule has 1 aromatic heterocycles. The van der Waals surface area contributed by atoms with Gasteiger partial charge in [0.05, 0.1) is 6.54 Å². The first-order chi connectivity index (χ1) is 7.67. The quantitative estimate of drug-likeness (QED) is 0.721. The molecule has 0 aliphatic carbocycles. The molecule has 0 aliphatic heterocycles. The monoisotopic (exact) mass is 224 g/mol. The first-order valence-corrected chi connectivity index (χ1v) is 6.14. The third kappa shape index (κ3) is 3.99. The Morgan fingerprint density at radius 3 is 2.75 bits per heavy atom. The molecule has 0 radical (unpaired) electrons. The third-order valence-corrected chi connectivity index (χ3v) is 2.78. The second-order valence-corrected chi connectivity index (χ2v) is 4.30. The number of nitrogens with zero attached hydrogens (tertiary/aromatic N) is 1. The minimum atomic E-state index is 0.838. The lowest BCUT2D eigenvalue weighted by molar-refractivity contribution is 0.342. The molecule has 0 bridgehead atoms. The molecule has 1 aromatic rings. The van der Waals surface area contributed by atoms with Crippen molar-refractivity contribution in [2.75, 3.05) is 20.1 Å². The Morgan fingerprint density at radius 1 is 1.38 bits per heavy atom. The molecule has 0 amide bonds. The number of furan rings is 1. The van der Waals surface area contributed by atoms with E-state index in [2.05, 4.69) is 37.2 Å². The topological polar surface area (TPSA) is 28.4 Å². The van der Waals surface area contributed by atoms with Gasteiger partial charge in [0.1, 0.15) is 11.5 Å². The Kier molecular flexibility index (Phi) is 5.56. The van der Waals surface area contributed by atoms with Gasteiger partial charge in [-0.05, 0) is 39.5 Å². The number of hydrogen-bond acceptors (Lipinski definition) is 3. The summed E-state index contributed by atoms with van der Waals surface area (Å²) in [5.41, 5.74) is 1.30. The molecule has 0 saturated heterocycles. The molecule has 3 heteroatoms. The largest absolute Gasteiger partial charge is 0.465 e. The van der Waals surface area contributed by atoms with Gasteiger partial charge in [0.2, 0.25) is 0 Å². The highest BCUT2D eigenvalue weighted by Crippen LogP contribution is 2.16. The number of nitrogens with one attached hydrogen (secondary N) is 1. The first-order valence-electron chi connectivity index (χ1n) is 6.14. The number of rotatable bonds is 7. The van der Waals surface area contributed by atoms with Crippen molar-refractivity contribution in [3.8, 4) is 0 Å². The lowest BCUT2D eigenvalue weighted by Crippen LogP contribution is -2.16. The highest BCUT2D eigenvalue weighted by Gasteiger charge is 2.08. The minimum Gasteiger partial charge on any atom is -0.465 e. The fourth-order valence-electron chi connectivity index (χ4n) is 1.62. The summed E-state index contributed by atoms with van der Waals surface area (Å²) >= 11 is 0. The fraction of sp³-hybridized carbons (Fsp3) is 0.692. The van der Waals surface area contributed by atoms with E-state index >= 15 is 0 Å². The van der Waals surface area contributed by atoms with Gasteiger partial charge in [-0.25, -0.2) is 0 Å². The molecule has 0 fully saturated rings. The van der Waals surface area contributed by atoms with Crippen LogP contribution in [0.4, 0.5) is 0 Å². The molecule has 1 N–H and O–H groups in total. The number of hydrogen-bond donors (Lipinski definition) is 1. The van der Waals surface area contributed by atoms with E-state index in [1.807, 2.05) is 6.92 Å². The van der Waals surface area contributed by atoms with E-state index in [-0.39, 0.29) is 0 Å². The van der Waals surface area contributed by atoms with Gasteiger partial charge in [0.25, 0.3) is 0 Å². The Balaban J connectivity index is 2.52. The second-order valence-electron chi connectivity index (χ2n) is 4.30. The third-order valence-electron chi connectivity index (χ3n) is 2.78. The van der Waals surface area contributed by atoms with Gasteiger partial charge in [-0.2, -0.15) is 0 Å². The zero-order valence-corrected chi connectivity index (χ0v) is 11.0. The molecule has 0 aliphatic rings. The molecule has 0 aromatic carbocycles. The van der Waals surface area contributed by atoms with Gasteiger partial charge in [-0.1, -0.05) is 13.8 Å².